The highest BCUT2D eigenvalue weighted by Gasteiger charge is 2.37. The molecule has 0 aromatic carbocycles. The smallest absolute Gasteiger partial charge is 0.394 e. The zero-order valence-electron chi connectivity index (χ0n) is 10.4. The van der Waals surface area contributed by atoms with E-state index in [0.717, 1.165) is 6.07 Å². The summed E-state index contributed by atoms with van der Waals surface area (Å²) >= 11 is 0. The summed E-state index contributed by atoms with van der Waals surface area (Å²) in [6.45, 7) is 2.04. The minimum absolute atomic E-state index is 0.108. The SMILES string of the molecule is CC1CN(c2ncccc2C(F)(F)F)CC(CO)O1. The van der Waals surface area contributed by atoms with E-state index in [9.17, 15) is 13.2 Å². The molecule has 1 aromatic heterocycles. The Morgan fingerprint density at radius 3 is 2.84 bits per heavy atom. The zero-order valence-corrected chi connectivity index (χ0v) is 10.4. The monoisotopic (exact) mass is 276 g/mol. The lowest BCUT2D eigenvalue weighted by Gasteiger charge is -2.37. The van der Waals surface area contributed by atoms with Gasteiger partial charge >= 0.3 is 6.18 Å². The number of ether oxygens (including phenoxy) is 1. The van der Waals surface area contributed by atoms with Crippen molar-refractivity contribution in [1.29, 1.82) is 0 Å². The van der Waals surface area contributed by atoms with Crippen molar-refractivity contribution < 1.29 is 23.0 Å². The molecule has 2 unspecified atom stereocenters. The van der Waals surface area contributed by atoms with Crippen molar-refractivity contribution in [2.24, 2.45) is 0 Å². The molecule has 1 saturated heterocycles. The van der Waals surface area contributed by atoms with Gasteiger partial charge in [-0.15, -0.1) is 0 Å². The van der Waals surface area contributed by atoms with Gasteiger partial charge in [-0.25, -0.2) is 4.98 Å². The van der Waals surface area contributed by atoms with Gasteiger partial charge in [0.2, 0.25) is 0 Å². The fourth-order valence-electron chi connectivity index (χ4n) is 2.19. The molecule has 0 spiro atoms. The molecule has 0 bridgehead atoms. The third kappa shape index (κ3) is 3.16. The lowest BCUT2D eigenvalue weighted by atomic mass is 10.1. The maximum atomic E-state index is 12.9. The maximum absolute atomic E-state index is 12.9. The number of halogens is 3. The van der Waals surface area contributed by atoms with Gasteiger partial charge in [0.05, 0.1) is 24.4 Å². The summed E-state index contributed by atoms with van der Waals surface area (Å²) in [6, 6.07) is 2.27. The van der Waals surface area contributed by atoms with Crippen LogP contribution in [0.1, 0.15) is 12.5 Å². The molecular weight excluding hydrogens is 261 g/mol. The van der Waals surface area contributed by atoms with Gasteiger partial charge in [-0.2, -0.15) is 13.2 Å². The first-order valence-corrected chi connectivity index (χ1v) is 5.95. The topological polar surface area (TPSA) is 45.6 Å². The largest absolute Gasteiger partial charge is 0.419 e. The molecule has 1 fully saturated rings. The number of pyridine rings is 1. The van der Waals surface area contributed by atoms with Gasteiger partial charge in [-0.05, 0) is 19.1 Å². The van der Waals surface area contributed by atoms with Gasteiger partial charge in [0, 0.05) is 19.3 Å². The summed E-state index contributed by atoms with van der Waals surface area (Å²) in [5.74, 6) is -0.108. The third-order valence-corrected chi connectivity index (χ3v) is 2.92. The average Bonchev–Trinajstić information content (AvgIpc) is 2.37. The van der Waals surface area contributed by atoms with E-state index in [-0.39, 0.29) is 25.1 Å². The van der Waals surface area contributed by atoms with E-state index in [0.29, 0.717) is 6.54 Å². The molecule has 19 heavy (non-hydrogen) atoms. The molecule has 2 heterocycles. The Balaban J connectivity index is 2.31. The number of aromatic nitrogens is 1. The number of rotatable bonds is 2. The van der Waals surface area contributed by atoms with Crippen LogP contribution in [0.2, 0.25) is 0 Å². The number of hydrogen-bond donors (Lipinski definition) is 1. The van der Waals surface area contributed by atoms with Crippen molar-refractivity contribution in [3.63, 3.8) is 0 Å². The number of anilines is 1. The van der Waals surface area contributed by atoms with Crippen molar-refractivity contribution in [1.82, 2.24) is 4.98 Å². The highest BCUT2D eigenvalue weighted by Crippen LogP contribution is 2.35. The second-order valence-electron chi connectivity index (χ2n) is 4.53. The number of alkyl halides is 3. The molecule has 0 radical (unpaired) electrons. The van der Waals surface area contributed by atoms with Gasteiger partial charge < -0.3 is 14.7 Å². The fourth-order valence-corrected chi connectivity index (χ4v) is 2.19. The molecule has 0 amide bonds. The maximum Gasteiger partial charge on any atom is 0.419 e. The molecule has 2 rings (SSSR count). The summed E-state index contributed by atoms with van der Waals surface area (Å²) in [7, 11) is 0. The van der Waals surface area contributed by atoms with Crippen LogP contribution in [0.5, 0.6) is 0 Å². The normalized spacial score (nSPS) is 24.6. The summed E-state index contributed by atoms with van der Waals surface area (Å²) in [5, 5.41) is 9.11. The van der Waals surface area contributed by atoms with E-state index in [1.54, 1.807) is 6.92 Å². The van der Waals surface area contributed by atoms with Crippen molar-refractivity contribution >= 4 is 5.82 Å². The second kappa shape index (κ2) is 5.34. The molecule has 106 valence electrons. The summed E-state index contributed by atoms with van der Waals surface area (Å²) in [4.78, 5) is 5.35. The van der Waals surface area contributed by atoms with Crippen LogP contribution in [-0.4, -0.2) is 42.0 Å². The van der Waals surface area contributed by atoms with Crippen molar-refractivity contribution in [3.8, 4) is 0 Å². The molecule has 2 atom stereocenters. The molecular formula is C12H15F3N2O2. The highest BCUT2D eigenvalue weighted by atomic mass is 19.4. The Morgan fingerprint density at radius 1 is 1.47 bits per heavy atom. The molecule has 1 aliphatic rings. The highest BCUT2D eigenvalue weighted by molar-refractivity contribution is 5.49. The van der Waals surface area contributed by atoms with Crippen LogP contribution in [-0.2, 0) is 10.9 Å². The van der Waals surface area contributed by atoms with E-state index in [4.69, 9.17) is 9.84 Å². The van der Waals surface area contributed by atoms with Crippen LogP contribution in [0.25, 0.3) is 0 Å². The number of aliphatic hydroxyl groups excluding tert-OH is 1. The summed E-state index contributed by atoms with van der Waals surface area (Å²) in [6.07, 6.45) is -3.86. The standard InChI is InChI=1S/C12H15F3N2O2/c1-8-5-17(6-9(7-18)19-8)11-10(12(13,14)15)3-2-4-16-11/h2-4,8-9,18H,5-7H2,1H3. The zero-order chi connectivity index (χ0) is 14.0. The van der Waals surface area contributed by atoms with E-state index in [1.807, 2.05) is 0 Å². The number of morpholine rings is 1. The van der Waals surface area contributed by atoms with Crippen LogP contribution < -0.4 is 4.90 Å². The molecule has 1 N–H and O–H groups in total. The summed E-state index contributed by atoms with van der Waals surface area (Å²) in [5.41, 5.74) is -0.763. The Labute approximate surface area is 108 Å². The molecule has 1 aliphatic heterocycles. The van der Waals surface area contributed by atoms with E-state index >= 15 is 0 Å². The van der Waals surface area contributed by atoms with Crippen LogP contribution >= 0.6 is 0 Å². The van der Waals surface area contributed by atoms with Crippen LogP contribution in [0.4, 0.5) is 19.0 Å². The van der Waals surface area contributed by atoms with Crippen LogP contribution in [0.3, 0.4) is 0 Å². The molecule has 4 nitrogen and oxygen atoms in total. The number of hydrogen-bond acceptors (Lipinski definition) is 4. The van der Waals surface area contributed by atoms with Crippen molar-refractivity contribution in [2.75, 3.05) is 24.6 Å². The first kappa shape index (κ1) is 14.1. The lowest BCUT2D eigenvalue weighted by molar-refractivity contribution is -0.137. The van der Waals surface area contributed by atoms with Gasteiger partial charge in [0.15, 0.2) is 0 Å². The predicted molar refractivity (Wildman–Crippen MR) is 62.9 cm³/mol. The van der Waals surface area contributed by atoms with E-state index in [1.165, 1.54) is 17.2 Å². The number of nitrogens with zero attached hydrogens (tertiary/aromatic N) is 2. The first-order chi connectivity index (χ1) is 8.91. The predicted octanol–water partition coefficient (Wildman–Crippen LogP) is 1.69. The van der Waals surface area contributed by atoms with E-state index < -0.39 is 17.8 Å². The molecule has 0 aliphatic carbocycles. The Kier molecular flexibility index (Phi) is 3.96. The van der Waals surface area contributed by atoms with E-state index in [2.05, 4.69) is 4.98 Å². The quantitative estimate of drug-likeness (QED) is 0.893. The summed E-state index contributed by atoms with van der Waals surface area (Å²) < 4.78 is 44.2. The molecule has 7 heteroatoms. The van der Waals surface area contributed by atoms with Gasteiger partial charge in [0.25, 0.3) is 0 Å². The van der Waals surface area contributed by atoms with Crippen LogP contribution in [0.15, 0.2) is 18.3 Å². The second-order valence-corrected chi connectivity index (χ2v) is 4.53. The Bertz CT molecular complexity index is 439. The van der Waals surface area contributed by atoms with Crippen molar-refractivity contribution in [2.45, 2.75) is 25.3 Å². The third-order valence-electron chi connectivity index (χ3n) is 2.92. The Morgan fingerprint density at radius 2 is 2.21 bits per heavy atom. The minimum Gasteiger partial charge on any atom is -0.394 e. The average molecular weight is 276 g/mol. The van der Waals surface area contributed by atoms with Gasteiger partial charge in [-0.3, -0.25) is 0 Å². The first-order valence-electron chi connectivity index (χ1n) is 5.95. The minimum atomic E-state index is -4.44. The fraction of sp³-hybridized carbons (Fsp3) is 0.583. The molecule has 1 aromatic rings. The van der Waals surface area contributed by atoms with Gasteiger partial charge in [-0.1, -0.05) is 0 Å². The van der Waals surface area contributed by atoms with Crippen molar-refractivity contribution in [3.05, 3.63) is 23.9 Å². The van der Waals surface area contributed by atoms with Gasteiger partial charge in [0.1, 0.15) is 5.82 Å². The lowest BCUT2D eigenvalue weighted by Crippen LogP contribution is -2.48. The Hall–Kier alpha value is -1.34. The molecule has 0 saturated carbocycles. The number of aliphatic hydroxyl groups is 1. The van der Waals surface area contributed by atoms with Crippen LogP contribution in [0, 0.1) is 0 Å².